The number of fused-ring (bicyclic) bond motifs is 1. The van der Waals surface area contributed by atoms with E-state index in [9.17, 15) is 0 Å². The molecule has 3 heteroatoms. The average Bonchev–Trinajstić information content (AvgIpc) is 2.17. The summed E-state index contributed by atoms with van der Waals surface area (Å²) >= 11 is 7.92. The summed E-state index contributed by atoms with van der Waals surface area (Å²) < 4.78 is 5.17. The van der Waals surface area contributed by atoms with Gasteiger partial charge in [-0.25, -0.2) is 0 Å². The second-order valence-corrected chi connectivity index (χ2v) is 4.59. The molecule has 0 fully saturated rings. The number of benzene rings is 1. The minimum Gasteiger partial charge on any atom is -0.495 e. The third-order valence-corrected chi connectivity index (χ3v) is 3.66. The summed E-state index contributed by atoms with van der Waals surface area (Å²) in [4.78, 5) is 1.33. The third-order valence-electron chi connectivity index (χ3n) is 2.18. The maximum Gasteiger partial charge on any atom is 0.138 e. The number of aryl methyl sites for hydroxylation is 1. The maximum atomic E-state index is 6.03. The lowest BCUT2D eigenvalue weighted by Crippen LogP contribution is -1.99. The van der Waals surface area contributed by atoms with E-state index in [0.717, 1.165) is 17.2 Å². The van der Waals surface area contributed by atoms with Crippen LogP contribution in [0.5, 0.6) is 5.75 Å². The maximum absolute atomic E-state index is 6.03. The van der Waals surface area contributed by atoms with E-state index in [4.69, 9.17) is 16.3 Å². The van der Waals surface area contributed by atoms with E-state index in [-0.39, 0.29) is 0 Å². The molecular weight excluding hydrogens is 204 g/mol. The van der Waals surface area contributed by atoms with E-state index in [1.807, 2.05) is 23.9 Å². The van der Waals surface area contributed by atoms with Gasteiger partial charge in [-0.05, 0) is 36.3 Å². The normalized spacial score (nSPS) is 15.2. The van der Waals surface area contributed by atoms with Gasteiger partial charge >= 0.3 is 0 Å². The molecule has 13 heavy (non-hydrogen) atoms. The Morgan fingerprint density at radius 3 is 3.08 bits per heavy atom. The molecule has 0 bridgehead atoms. The Labute approximate surface area is 87.4 Å². The molecule has 0 amide bonds. The number of halogens is 1. The summed E-state index contributed by atoms with van der Waals surface area (Å²) in [5, 5.41) is 0.726. The van der Waals surface area contributed by atoms with Gasteiger partial charge in [0.25, 0.3) is 0 Å². The second kappa shape index (κ2) is 3.81. The summed E-state index contributed by atoms with van der Waals surface area (Å²) in [6.45, 7) is 0. The fraction of sp³-hybridized carbons (Fsp3) is 0.400. The number of rotatable bonds is 1. The monoisotopic (exact) mass is 214 g/mol. The van der Waals surface area contributed by atoms with Crippen molar-refractivity contribution in [3.05, 3.63) is 22.7 Å². The van der Waals surface area contributed by atoms with Crippen LogP contribution >= 0.6 is 23.4 Å². The molecule has 0 N–H and O–H groups in total. The molecule has 1 aromatic rings. The van der Waals surface area contributed by atoms with Crippen LogP contribution in [0, 0.1) is 0 Å². The first-order chi connectivity index (χ1) is 6.31. The molecule has 1 aromatic carbocycles. The van der Waals surface area contributed by atoms with Crippen LogP contribution in [-0.4, -0.2) is 12.9 Å². The fourth-order valence-corrected chi connectivity index (χ4v) is 2.82. The fourth-order valence-electron chi connectivity index (χ4n) is 1.51. The third kappa shape index (κ3) is 1.79. The van der Waals surface area contributed by atoms with Gasteiger partial charge in [0, 0.05) is 4.90 Å². The highest BCUT2D eigenvalue weighted by molar-refractivity contribution is 7.99. The molecule has 0 unspecified atom stereocenters. The van der Waals surface area contributed by atoms with Gasteiger partial charge in [0.1, 0.15) is 5.75 Å². The Bertz CT molecular complexity index is 325. The molecular formula is C10H11ClOS. The van der Waals surface area contributed by atoms with Crippen LogP contribution in [0.25, 0.3) is 0 Å². The topological polar surface area (TPSA) is 9.23 Å². The molecule has 70 valence electrons. The van der Waals surface area contributed by atoms with E-state index >= 15 is 0 Å². The van der Waals surface area contributed by atoms with Crippen molar-refractivity contribution < 1.29 is 4.74 Å². The number of thioether (sulfide) groups is 1. The minimum absolute atomic E-state index is 0.726. The zero-order valence-electron chi connectivity index (χ0n) is 7.47. The first kappa shape index (κ1) is 9.22. The van der Waals surface area contributed by atoms with Crippen LogP contribution in [0.2, 0.25) is 5.02 Å². The first-order valence-electron chi connectivity index (χ1n) is 4.30. The standard InChI is InChI=1S/C10H11ClOS/c1-12-9-6-10-7(5-8(9)11)3-2-4-13-10/h5-6H,2-4H2,1H3. The van der Waals surface area contributed by atoms with Gasteiger partial charge in [-0.3, -0.25) is 0 Å². The zero-order valence-corrected chi connectivity index (χ0v) is 9.04. The number of ether oxygens (including phenoxy) is 1. The Kier molecular flexibility index (Phi) is 2.70. The average molecular weight is 215 g/mol. The van der Waals surface area contributed by atoms with Gasteiger partial charge in [0.15, 0.2) is 0 Å². The van der Waals surface area contributed by atoms with Crippen molar-refractivity contribution in [3.8, 4) is 5.75 Å². The Morgan fingerprint density at radius 1 is 1.46 bits per heavy atom. The van der Waals surface area contributed by atoms with Gasteiger partial charge in [-0.15, -0.1) is 11.8 Å². The van der Waals surface area contributed by atoms with Crippen LogP contribution in [-0.2, 0) is 6.42 Å². The largest absolute Gasteiger partial charge is 0.495 e. The number of methoxy groups -OCH3 is 1. The number of hydrogen-bond donors (Lipinski definition) is 0. The molecule has 0 spiro atoms. The molecule has 1 nitrogen and oxygen atoms in total. The van der Waals surface area contributed by atoms with Crippen molar-refractivity contribution >= 4 is 23.4 Å². The van der Waals surface area contributed by atoms with Crippen LogP contribution in [0.15, 0.2) is 17.0 Å². The lowest BCUT2D eigenvalue weighted by atomic mass is 10.1. The van der Waals surface area contributed by atoms with E-state index in [1.54, 1.807) is 7.11 Å². The highest BCUT2D eigenvalue weighted by atomic mass is 35.5. The number of hydrogen-bond acceptors (Lipinski definition) is 2. The van der Waals surface area contributed by atoms with E-state index in [0.29, 0.717) is 0 Å². The van der Waals surface area contributed by atoms with Crippen molar-refractivity contribution in [1.82, 2.24) is 0 Å². The summed E-state index contributed by atoms with van der Waals surface area (Å²) in [6, 6.07) is 4.07. The SMILES string of the molecule is COc1cc2c(cc1Cl)CCCS2. The molecule has 0 radical (unpaired) electrons. The van der Waals surface area contributed by atoms with Crippen molar-refractivity contribution in [2.24, 2.45) is 0 Å². The van der Waals surface area contributed by atoms with Crippen LogP contribution in [0.1, 0.15) is 12.0 Å². The van der Waals surface area contributed by atoms with E-state index < -0.39 is 0 Å². The van der Waals surface area contributed by atoms with Crippen LogP contribution in [0.4, 0.5) is 0 Å². The molecule has 0 aromatic heterocycles. The summed E-state index contributed by atoms with van der Waals surface area (Å²) in [6.07, 6.45) is 2.40. The molecule has 1 aliphatic heterocycles. The van der Waals surface area contributed by atoms with Crippen molar-refractivity contribution in [1.29, 1.82) is 0 Å². The lowest BCUT2D eigenvalue weighted by Gasteiger charge is -2.16. The van der Waals surface area contributed by atoms with Gasteiger partial charge in [0.05, 0.1) is 12.1 Å². The van der Waals surface area contributed by atoms with Gasteiger partial charge in [0.2, 0.25) is 0 Å². The highest BCUT2D eigenvalue weighted by Gasteiger charge is 2.13. The van der Waals surface area contributed by atoms with Crippen molar-refractivity contribution in [3.63, 3.8) is 0 Å². The van der Waals surface area contributed by atoms with E-state index in [2.05, 4.69) is 0 Å². The summed E-state index contributed by atoms with van der Waals surface area (Å²) in [7, 11) is 1.65. The second-order valence-electron chi connectivity index (χ2n) is 3.05. The Morgan fingerprint density at radius 2 is 2.31 bits per heavy atom. The van der Waals surface area contributed by atoms with Crippen LogP contribution in [0.3, 0.4) is 0 Å². The molecule has 0 aliphatic carbocycles. The Hall–Kier alpha value is -0.340. The van der Waals surface area contributed by atoms with Crippen molar-refractivity contribution in [2.75, 3.05) is 12.9 Å². The molecule has 0 atom stereocenters. The zero-order chi connectivity index (χ0) is 9.26. The molecule has 1 aliphatic rings. The van der Waals surface area contributed by atoms with Gasteiger partial charge in [-0.2, -0.15) is 0 Å². The van der Waals surface area contributed by atoms with Gasteiger partial charge in [-0.1, -0.05) is 11.6 Å². The molecule has 1 heterocycles. The van der Waals surface area contributed by atoms with Gasteiger partial charge < -0.3 is 4.74 Å². The quantitative estimate of drug-likeness (QED) is 0.709. The predicted octanol–water partition coefficient (Wildman–Crippen LogP) is 3.39. The summed E-state index contributed by atoms with van der Waals surface area (Å²) in [5.74, 6) is 1.99. The Balaban J connectivity index is 2.44. The highest BCUT2D eigenvalue weighted by Crippen LogP contribution is 2.37. The lowest BCUT2D eigenvalue weighted by molar-refractivity contribution is 0.413. The summed E-state index contributed by atoms with van der Waals surface area (Å²) in [5.41, 5.74) is 1.36. The minimum atomic E-state index is 0.726. The first-order valence-corrected chi connectivity index (χ1v) is 5.67. The smallest absolute Gasteiger partial charge is 0.138 e. The molecule has 2 rings (SSSR count). The van der Waals surface area contributed by atoms with E-state index in [1.165, 1.54) is 22.6 Å². The molecule has 0 saturated carbocycles. The molecule has 0 saturated heterocycles. The predicted molar refractivity (Wildman–Crippen MR) is 57.0 cm³/mol. The van der Waals surface area contributed by atoms with Crippen LogP contribution < -0.4 is 4.74 Å². The van der Waals surface area contributed by atoms with Crippen molar-refractivity contribution in [2.45, 2.75) is 17.7 Å².